The van der Waals surface area contributed by atoms with Crippen LogP contribution in [0.15, 0.2) is 56.3 Å². The van der Waals surface area contributed by atoms with Crippen molar-refractivity contribution in [3.05, 3.63) is 57.8 Å². The Kier molecular flexibility index (Phi) is 4.88. The predicted molar refractivity (Wildman–Crippen MR) is 110 cm³/mol. The molecule has 0 aliphatic heterocycles. The number of thioether (sulfide) groups is 1. The molecule has 142 valence electrons. The van der Waals surface area contributed by atoms with Crippen LogP contribution >= 0.6 is 23.1 Å². The molecule has 3 aromatic heterocycles. The largest absolute Gasteiger partial charge is 0.338 e. The lowest BCUT2D eigenvalue weighted by Crippen LogP contribution is -2.30. The molecule has 4 aromatic rings. The minimum Gasteiger partial charge on any atom is -0.338 e. The summed E-state index contributed by atoms with van der Waals surface area (Å²) in [7, 11) is 0. The molecule has 0 unspecified atom stereocenters. The van der Waals surface area contributed by atoms with Crippen molar-refractivity contribution in [1.29, 1.82) is 0 Å². The standard InChI is InChI=1S/C18H15N5O3S2/c1-10-7-14(26-22-10)20-13(24)9-28-18-21-16-15(17(25)23(18)19)12(8-27-16)11-5-3-2-4-6-11/h2-8H,9,19H2,1H3,(H,20,24). The number of nitrogens with one attached hydrogen (secondary N) is 1. The quantitative estimate of drug-likeness (QED) is 0.294. The van der Waals surface area contributed by atoms with Gasteiger partial charge >= 0.3 is 0 Å². The maximum absolute atomic E-state index is 12.8. The van der Waals surface area contributed by atoms with Crippen LogP contribution in [0.25, 0.3) is 21.3 Å². The summed E-state index contributed by atoms with van der Waals surface area (Å²) < 4.78 is 5.93. The number of carbonyl (C=O) groups is 1. The number of aryl methyl sites for hydroxylation is 1. The van der Waals surface area contributed by atoms with Crippen molar-refractivity contribution < 1.29 is 9.32 Å². The molecule has 0 bridgehead atoms. The number of fused-ring (bicyclic) bond motifs is 1. The maximum atomic E-state index is 12.8. The highest BCUT2D eigenvalue weighted by Gasteiger charge is 2.17. The topological polar surface area (TPSA) is 116 Å². The molecule has 3 N–H and O–H groups in total. The van der Waals surface area contributed by atoms with Gasteiger partial charge in [-0.1, -0.05) is 47.3 Å². The first kappa shape index (κ1) is 18.3. The van der Waals surface area contributed by atoms with Gasteiger partial charge in [-0.15, -0.1) is 11.3 Å². The molecule has 0 atom stereocenters. The molecule has 1 aromatic carbocycles. The van der Waals surface area contributed by atoms with E-state index in [-0.39, 0.29) is 28.3 Å². The molecule has 0 saturated heterocycles. The van der Waals surface area contributed by atoms with E-state index in [1.54, 1.807) is 13.0 Å². The van der Waals surface area contributed by atoms with Crippen molar-refractivity contribution in [3.63, 3.8) is 0 Å². The zero-order valence-electron chi connectivity index (χ0n) is 14.7. The predicted octanol–water partition coefficient (Wildman–Crippen LogP) is 2.87. The second kappa shape index (κ2) is 7.49. The number of thiophene rings is 1. The zero-order valence-corrected chi connectivity index (χ0v) is 16.3. The van der Waals surface area contributed by atoms with Gasteiger partial charge in [-0.2, -0.15) is 0 Å². The lowest BCUT2D eigenvalue weighted by Gasteiger charge is -2.07. The van der Waals surface area contributed by atoms with E-state index in [1.807, 2.05) is 35.7 Å². The fourth-order valence-electron chi connectivity index (χ4n) is 2.64. The summed E-state index contributed by atoms with van der Waals surface area (Å²) in [5, 5.41) is 8.92. The summed E-state index contributed by atoms with van der Waals surface area (Å²) in [5.41, 5.74) is 2.04. The number of rotatable bonds is 5. The molecule has 10 heteroatoms. The summed E-state index contributed by atoms with van der Waals surface area (Å²) in [4.78, 5) is 29.9. The number of carbonyl (C=O) groups excluding carboxylic acids is 1. The maximum Gasteiger partial charge on any atom is 0.282 e. The van der Waals surface area contributed by atoms with Crippen LogP contribution in [0.4, 0.5) is 5.88 Å². The van der Waals surface area contributed by atoms with Crippen molar-refractivity contribution in [3.8, 4) is 11.1 Å². The van der Waals surface area contributed by atoms with Crippen molar-refractivity contribution in [2.75, 3.05) is 16.9 Å². The Labute approximate surface area is 167 Å². The molecule has 1 amide bonds. The smallest absolute Gasteiger partial charge is 0.282 e. The molecule has 0 fully saturated rings. The molecule has 0 aliphatic carbocycles. The van der Waals surface area contributed by atoms with Gasteiger partial charge in [0.15, 0.2) is 5.16 Å². The van der Waals surface area contributed by atoms with Gasteiger partial charge in [0.05, 0.1) is 16.8 Å². The van der Waals surface area contributed by atoms with Gasteiger partial charge < -0.3 is 10.4 Å². The second-order valence-corrected chi connectivity index (χ2v) is 7.74. The average molecular weight is 413 g/mol. The fraction of sp³-hybridized carbons (Fsp3) is 0.111. The van der Waals surface area contributed by atoms with E-state index in [9.17, 15) is 9.59 Å². The number of amides is 1. The zero-order chi connectivity index (χ0) is 19.7. The van der Waals surface area contributed by atoms with Gasteiger partial charge in [-0.25, -0.2) is 9.66 Å². The Balaban J connectivity index is 1.58. The number of nitrogen functional groups attached to an aromatic ring is 1. The van der Waals surface area contributed by atoms with E-state index >= 15 is 0 Å². The molecular weight excluding hydrogens is 398 g/mol. The molecule has 4 rings (SSSR count). The highest BCUT2D eigenvalue weighted by molar-refractivity contribution is 7.99. The van der Waals surface area contributed by atoms with Crippen LogP contribution in [-0.2, 0) is 4.79 Å². The molecule has 3 heterocycles. The Morgan fingerprint density at radius 1 is 1.36 bits per heavy atom. The van der Waals surface area contributed by atoms with Crippen LogP contribution in [0.5, 0.6) is 0 Å². The lowest BCUT2D eigenvalue weighted by atomic mass is 10.1. The second-order valence-electron chi connectivity index (χ2n) is 5.93. The summed E-state index contributed by atoms with van der Waals surface area (Å²) in [5.74, 6) is 5.93. The molecular formula is C18H15N5O3S2. The minimum atomic E-state index is -0.348. The number of aromatic nitrogens is 3. The first-order valence-electron chi connectivity index (χ1n) is 8.23. The van der Waals surface area contributed by atoms with Crippen LogP contribution in [0, 0.1) is 6.92 Å². The Morgan fingerprint density at radius 2 is 2.14 bits per heavy atom. The highest BCUT2D eigenvalue weighted by Crippen LogP contribution is 2.31. The third kappa shape index (κ3) is 3.51. The van der Waals surface area contributed by atoms with Crippen molar-refractivity contribution in [2.24, 2.45) is 0 Å². The normalized spacial score (nSPS) is 11.0. The third-order valence-electron chi connectivity index (χ3n) is 3.92. The minimum absolute atomic E-state index is 0.0197. The van der Waals surface area contributed by atoms with Crippen LogP contribution in [0.3, 0.4) is 0 Å². The third-order valence-corrected chi connectivity index (χ3v) is 5.74. The van der Waals surface area contributed by atoms with E-state index in [0.717, 1.165) is 27.6 Å². The number of hydrogen-bond donors (Lipinski definition) is 2. The Morgan fingerprint density at radius 3 is 2.86 bits per heavy atom. The number of benzene rings is 1. The van der Waals surface area contributed by atoms with Crippen molar-refractivity contribution in [2.45, 2.75) is 12.1 Å². The van der Waals surface area contributed by atoms with Gasteiger partial charge in [-0.05, 0) is 12.5 Å². The number of nitrogens with zero attached hydrogens (tertiary/aromatic N) is 3. The van der Waals surface area contributed by atoms with Gasteiger partial charge in [0.2, 0.25) is 11.8 Å². The fourth-order valence-corrected chi connectivity index (χ4v) is 4.35. The molecule has 0 radical (unpaired) electrons. The van der Waals surface area contributed by atoms with Crippen molar-refractivity contribution in [1.82, 2.24) is 14.8 Å². The number of nitrogens with two attached hydrogens (primary N) is 1. The van der Waals surface area contributed by atoms with Crippen LogP contribution in [0.1, 0.15) is 5.69 Å². The summed E-state index contributed by atoms with van der Waals surface area (Å²) in [6.07, 6.45) is 0. The van der Waals surface area contributed by atoms with Gasteiger partial charge in [0.25, 0.3) is 5.56 Å². The molecule has 28 heavy (non-hydrogen) atoms. The molecule has 0 aliphatic rings. The van der Waals surface area contributed by atoms with Crippen LogP contribution in [0.2, 0.25) is 0 Å². The van der Waals surface area contributed by atoms with Gasteiger partial charge in [-0.3, -0.25) is 14.9 Å². The van der Waals surface area contributed by atoms with Crippen LogP contribution < -0.4 is 16.7 Å². The van der Waals surface area contributed by atoms with E-state index in [2.05, 4.69) is 15.5 Å². The number of hydrogen-bond acceptors (Lipinski definition) is 8. The van der Waals surface area contributed by atoms with E-state index in [0.29, 0.717) is 15.9 Å². The monoisotopic (exact) mass is 413 g/mol. The average Bonchev–Trinajstić information content (AvgIpc) is 3.30. The summed E-state index contributed by atoms with van der Waals surface area (Å²) in [6.45, 7) is 1.75. The van der Waals surface area contributed by atoms with Gasteiger partial charge in [0.1, 0.15) is 4.83 Å². The van der Waals surface area contributed by atoms with Crippen LogP contribution in [-0.4, -0.2) is 26.5 Å². The number of anilines is 1. The first-order chi connectivity index (χ1) is 13.5. The van der Waals surface area contributed by atoms with E-state index < -0.39 is 0 Å². The Hall–Kier alpha value is -3.11. The van der Waals surface area contributed by atoms with E-state index in [1.165, 1.54) is 11.3 Å². The lowest BCUT2D eigenvalue weighted by molar-refractivity contribution is -0.113. The highest BCUT2D eigenvalue weighted by atomic mass is 32.2. The molecule has 0 saturated carbocycles. The SMILES string of the molecule is Cc1cc(NC(=O)CSc2nc3scc(-c4ccccc4)c3c(=O)n2N)on1. The van der Waals surface area contributed by atoms with Gasteiger partial charge in [0, 0.05) is 17.0 Å². The van der Waals surface area contributed by atoms with Crippen molar-refractivity contribution >= 4 is 45.1 Å². The Bertz CT molecular complexity index is 1210. The molecule has 0 spiro atoms. The van der Waals surface area contributed by atoms with E-state index in [4.69, 9.17) is 10.4 Å². The first-order valence-corrected chi connectivity index (χ1v) is 10.1. The summed E-state index contributed by atoms with van der Waals surface area (Å²) >= 11 is 2.44. The summed E-state index contributed by atoms with van der Waals surface area (Å²) in [6, 6.07) is 11.2. The molecule has 8 nitrogen and oxygen atoms in total.